The van der Waals surface area contributed by atoms with Crippen molar-refractivity contribution in [3.05, 3.63) is 30.3 Å². The van der Waals surface area contributed by atoms with Crippen LogP contribution in [0, 0.1) is 0 Å². The van der Waals surface area contributed by atoms with E-state index in [1.807, 2.05) is 42.2 Å². The van der Waals surface area contributed by atoms with E-state index in [-0.39, 0.29) is 17.3 Å². The molecule has 1 atom stereocenters. The van der Waals surface area contributed by atoms with Crippen LogP contribution in [0.1, 0.15) is 19.8 Å². The minimum absolute atomic E-state index is 0.0670. The smallest absolute Gasteiger partial charge is 0.235 e. The Balaban J connectivity index is 1.89. The summed E-state index contributed by atoms with van der Waals surface area (Å²) in [5.74, 6) is 0.177. The summed E-state index contributed by atoms with van der Waals surface area (Å²) >= 11 is 1.59. The fourth-order valence-electron chi connectivity index (χ4n) is 2.10. The average molecular weight is 265 g/mol. The summed E-state index contributed by atoms with van der Waals surface area (Å²) in [6.45, 7) is 3.31. The molecule has 1 amide bonds. The van der Waals surface area contributed by atoms with E-state index in [9.17, 15) is 9.90 Å². The molecule has 1 N–H and O–H groups in total. The quantitative estimate of drug-likeness (QED) is 0.851. The van der Waals surface area contributed by atoms with Gasteiger partial charge in [0, 0.05) is 18.0 Å². The van der Waals surface area contributed by atoms with E-state index in [0.29, 0.717) is 25.9 Å². The third kappa shape index (κ3) is 3.50. The molecule has 0 saturated carbocycles. The summed E-state index contributed by atoms with van der Waals surface area (Å²) in [5.41, 5.74) is 0. The van der Waals surface area contributed by atoms with Crippen molar-refractivity contribution in [2.45, 2.75) is 36.0 Å². The van der Waals surface area contributed by atoms with E-state index >= 15 is 0 Å². The van der Waals surface area contributed by atoms with Gasteiger partial charge in [0.1, 0.15) is 0 Å². The highest BCUT2D eigenvalue weighted by atomic mass is 32.2. The third-order valence-electron chi connectivity index (χ3n) is 3.18. The van der Waals surface area contributed by atoms with E-state index in [2.05, 4.69) is 0 Å². The van der Waals surface area contributed by atoms with Crippen LogP contribution in [0.3, 0.4) is 0 Å². The molecule has 0 radical (unpaired) electrons. The molecule has 2 rings (SSSR count). The van der Waals surface area contributed by atoms with Crippen LogP contribution in [0.2, 0.25) is 0 Å². The molecule has 1 aliphatic rings. The van der Waals surface area contributed by atoms with Crippen molar-refractivity contribution in [2.24, 2.45) is 0 Å². The molecule has 1 fully saturated rings. The minimum Gasteiger partial charge on any atom is -0.393 e. The number of carbonyl (C=O) groups is 1. The van der Waals surface area contributed by atoms with E-state index in [4.69, 9.17) is 0 Å². The number of likely N-dealkylation sites (tertiary alicyclic amines) is 1. The molecule has 0 bridgehead atoms. The number of benzene rings is 1. The van der Waals surface area contributed by atoms with Crippen molar-refractivity contribution in [1.82, 2.24) is 4.90 Å². The van der Waals surface area contributed by atoms with Crippen LogP contribution in [0.15, 0.2) is 35.2 Å². The van der Waals surface area contributed by atoms with Gasteiger partial charge in [0.15, 0.2) is 0 Å². The molecule has 98 valence electrons. The zero-order valence-electron chi connectivity index (χ0n) is 10.6. The first-order valence-corrected chi connectivity index (χ1v) is 7.23. The molecule has 0 aliphatic carbocycles. The van der Waals surface area contributed by atoms with Crippen LogP contribution in [0.4, 0.5) is 0 Å². The Labute approximate surface area is 112 Å². The van der Waals surface area contributed by atoms with Crippen LogP contribution >= 0.6 is 11.8 Å². The molecule has 1 unspecified atom stereocenters. The lowest BCUT2D eigenvalue weighted by Gasteiger charge is -2.31. The maximum Gasteiger partial charge on any atom is 0.235 e. The Morgan fingerprint density at radius 3 is 2.56 bits per heavy atom. The SMILES string of the molecule is CC(Sc1ccccc1)C(=O)N1CCC(O)CC1. The van der Waals surface area contributed by atoms with Crippen molar-refractivity contribution >= 4 is 17.7 Å². The highest BCUT2D eigenvalue weighted by molar-refractivity contribution is 8.00. The first-order valence-electron chi connectivity index (χ1n) is 6.35. The van der Waals surface area contributed by atoms with Gasteiger partial charge in [-0.05, 0) is 31.9 Å². The number of amides is 1. The number of nitrogens with zero attached hydrogens (tertiary/aromatic N) is 1. The van der Waals surface area contributed by atoms with Gasteiger partial charge >= 0.3 is 0 Å². The fourth-order valence-corrected chi connectivity index (χ4v) is 3.07. The fraction of sp³-hybridized carbons (Fsp3) is 0.500. The van der Waals surface area contributed by atoms with Crippen molar-refractivity contribution in [2.75, 3.05) is 13.1 Å². The monoisotopic (exact) mass is 265 g/mol. The zero-order chi connectivity index (χ0) is 13.0. The predicted molar refractivity (Wildman–Crippen MR) is 73.6 cm³/mol. The highest BCUT2D eigenvalue weighted by Crippen LogP contribution is 2.25. The Kier molecular flexibility index (Phi) is 4.66. The number of aliphatic hydroxyl groups is 1. The van der Waals surface area contributed by atoms with E-state index in [1.165, 1.54) is 0 Å². The van der Waals surface area contributed by atoms with Gasteiger partial charge in [0.25, 0.3) is 0 Å². The van der Waals surface area contributed by atoms with Gasteiger partial charge in [0.05, 0.1) is 11.4 Å². The Morgan fingerprint density at radius 1 is 1.33 bits per heavy atom. The molecular weight excluding hydrogens is 246 g/mol. The second-order valence-corrected chi connectivity index (χ2v) is 6.04. The van der Waals surface area contributed by atoms with Gasteiger partial charge in [-0.2, -0.15) is 0 Å². The van der Waals surface area contributed by atoms with Crippen LogP contribution in [0.5, 0.6) is 0 Å². The minimum atomic E-state index is -0.230. The maximum atomic E-state index is 12.2. The van der Waals surface area contributed by atoms with E-state index < -0.39 is 0 Å². The Morgan fingerprint density at radius 2 is 1.94 bits per heavy atom. The number of aliphatic hydroxyl groups excluding tert-OH is 1. The average Bonchev–Trinajstić information content (AvgIpc) is 2.40. The van der Waals surface area contributed by atoms with Crippen LogP contribution in [0.25, 0.3) is 0 Å². The van der Waals surface area contributed by atoms with Crippen LogP contribution in [-0.2, 0) is 4.79 Å². The molecule has 18 heavy (non-hydrogen) atoms. The van der Waals surface area contributed by atoms with Gasteiger partial charge in [0.2, 0.25) is 5.91 Å². The third-order valence-corrected chi connectivity index (χ3v) is 4.28. The van der Waals surface area contributed by atoms with Gasteiger partial charge in [-0.15, -0.1) is 11.8 Å². The molecule has 0 spiro atoms. The Bertz CT molecular complexity index is 388. The summed E-state index contributed by atoms with van der Waals surface area (Å²) in [7, 11) is 0. The lowest BCUT2D eigenvalue weighted by Crippen LogP contribution is -2.43. The first kappa shape index (κ1) is 13.4. The topological polar surface area (TPSA) is 40.5 Å². The standard InChI is InChI=1S/C14H19NO2S/c1-11(18-13-5-3-2-4-6-13)14(17)15-9-7-12(16)8-10-15/h2-6,11-12,16H,7-10H2,1H3. The van der Waals surface area contributed by atoms with Crippen molar-refractivity contribution in [3.8, 4) is 0 Å². The lowest BCUT2D eigenvalue weighted by atomic mass is 10.1. The van der Waals surface area contributed by atoms with Gasteiger partial charge < -0.3 is 10.0 Å². The summed E-state index contributed by atoms with van der Waals surface area (Å²) in [4.78, 5) is 15.2. The zero-order valence-corrected chi connectivity index (χ0v) is 11.4. The maximum absolute atomic E-state index is 12.2. The molecule has 1 aromatic carbocycles. The normalized spacial score (nSPS) is 18.7. The van der Waals surface area contributed by atoms with Crippen molar-refractivity contribution < 1.29 is 9.90 Å². The summed E-state index contributed by atoms with van der Waals surface area (Å²) in [5, 5.41) is 9.37. The summed E-state index contributed by atoms with van der Waals surface area (Å²) in [6, 6.07) is 9.99. The molecular formula is C14H19NO2S. The second-order valence-electron chi connectivity index (χ2n) is 4.63. The largest absolute Gasteiger partial charge is 0.393 e. The van der Waals surface area contributed by atoms with E-state index in [1.54, 1.807) is 11.8 Å². The second kappa shape index (κ2) is 6.25. The number of hydrogen-bond acceptors (Lipinski definition) is 3. The van der Waals surface area contributed by atoms with Crippen molar-refractivity contribution in [3.63, 3.8) is 0 Å². The molecule has 1 aliphatic heterocycles. The van der Waals surface area contributed by atoms with Crippen molar-refractivity contribution in [1.29, 1.82) is 0 Å². The van der Waals surface area contributed by atoms with Gasteiger partial charge in [-0.1, -0.05) is 18.2 Å². The molecule has 1 heterocycles. The molecule has 0 aromatic heterocycles. The number of rotatable bonds is 3. The molecule has 1 aromatic rings. The highest BCUT2D eigenvalue weighted by Gasteiger charge is 2.25. The molecule has 1 saturated heterocycles. The first-order chi connectivity index (χ1) is 8.66. The number of hydrogen-bond donors (Lipinski definition) is 1. The van der Waals surface area contributed by atoms with Crippen LogP contribution < -0.4 is 0 Å². The number of carbonyl (C=O) groups excluding carboxylic acids is 1. The van der Waals surface area contributed by atoms with E-state index in [0.717, 1.165) is 4.90 Å². The van der Waals surface area contributed by atoms with Gasteiger partial charge in [-0.3, -0.25) is 4.79 Å². The van der Waals surface area contributed by atoms with Gasteiger partial charge in [-0.25, -0.2) is 0 Å². The number of thioether (sulfide) groups is 1. The molecule has 4 heteroatoms. The number of piperidine rings is 1. The lowest BCUT2D eigenvalue weighted by molar-refractivity contribution is -0.132. The Hall–Kier alpha value is -1.00. The molecule has 3 nitrogen and oxygen atoms in total. The predicted octanol–water partition coefficient (Wildman–Crippen LogP) is 2.15. The summed E-state index contributed by atoms with van der Waals surface area (Å²) in [6.07, 6.45) is 1.18. The summed E-state index contributed by atoms with van der Waals surface area (Å²) < 4.78 is 0. The van der Waals surface area contributed by atoms with Crippen LogP contribution in [-0.4, -0.2) is 40.4 Å².